The van der Waals surface area contributed by atoms with E-state index in [1.807, 2.05) is 6.20 Å². The van der Waals surface area contributed by atoms with Gasteiger partial charge in [0.2, 0.25) is 0 Å². The van der Waals surface area contributed by atoms with Crippen LogP contribution in [0.4, 0.5) is 0 Å². The molecule has 0 spiro atoms. The summed E-state index contributed by atoms with van der Waals surface area (Å²) in [6, 6.07) is 19.5. The van der Waals surface area contributed by atoms with Crippen LogP contribution in [0.2, 0.25) is 0 Å². The maximum atomic E-state index is 4.94. The van der Waals surface area contributed by atoms with Gasteiger partial charge in [0.15, 0.2) is 0 Å². The van der Waals surface area contributed by atoms with Crippen LogP contribution >= 0.6 is 0 Å². The molecule has 4 aromatic rings. The second-order valence-corrected chi connectivity index (χ2v) is 13.4. The second-order valence-electron chi connectivity index (χ2n) is 13.4. The molecule has 233 valence electrons. The van der Waals surface area contributed by atoms with Crippen molar-refractivity contribution in [1.29, 1.82) is 0 Å². The number of allylic oxidation sites excluding steroid dienone is 2. The van der Waals surface area contributed by atoms with Gasteiger partial charge in [-0.25, -0.2) is 0 Å². The molecule has 44 heavy (non-hydrogen) atoms. The Morgan fingerprint density at radius 1 is 0.955 bits per heavy atom. The van der Waals surface area contributed by atoms with Crippen molar-refractivity contribution >= 4 is 27.3 Å². The van der Waals surface area contributed by atoms with Gasteiger partial charge in [0.05, 0.1) is 6.04 Å². The molecule has 0 N–H and O–H groups in total. The summed E-state index contributed by atoms with van der Waals surface area (Å²) in [5, 5.41) is 9.72. The van der Waals surface area contributed by atoms with E-state index in [0.717, 1.165) is 22.6 Å². The van der Waals surface area contributed by atoms with Crippen LogP contribution in [0.1, 0.15) is 109 Å². The molecule has 7 rings (SSSR count). The van der Waals surface area contributed by atoms with Gasteiger partial charge in [-0.15, -0.1) is 29.3 Å². The summed E-state index contributed by atoms with van der Waals surface area (Å²) in [6.07, 6.45) is 17.4. The van der Waals surface area contributed by atoms with Crippen molar-refractivity contribution in [3.8, 4) is 11.3 Å². The normalized spacial score (nSPS) is 18.7. The van der Waals surface area contributed by atoms with Crippen molar-refractivity contribution in [3.63, 3.8) is 0 Å². The number of aryl methyl sites for hydroxylation is 1. The molecule has 5 heteroatoms. The summed E-state index contributed by atoms with van der Waals surface area (Å²) in [5.41, 5.74) is 7.73. The number of hydrogen-bond donors (Lipinski definition) is 0. The molecule has 2 heterocycles. The molecule has 0 bridgehead atoms. The van der Waals surface area contributed by atoms with Gasteiger partial charge in [-0.2, -0.15) is 5.70 Å². The Morgan fingerprint density at radius 2 is 1.66 bits per heavy atom. The third-order valence-electron chi connectivity index (χ3n) is 9.52. The molecule has 0 unspecified atom stereocenters. The van der Waals surface area contributed by atoms with E-state index in [0.29, 0.717) is 12.1 Å². The number of aromatic nitrogens is 2. The first-order valence-corrected chi connectivity index (χ1v) is 16.5. The van der Waals surface area contributed by atoms with Crippen molar-refractivity contribution in [2.75, 3.05) is 0 Å². The van der Waals surface area contributed by atoms with E-state index < -0.39 is 0 Å². The van der Waals surface area contributed by atoms with Crippen molar-refractivity contribution in [3.05, 3.63) is 88.8 Å². The average molecular weight is 763 g/mol. The van der Waals surface area contributed by atoms with Crippen molar-refractivity contribution < 1.29 is 20.1 Å². The first-order chi connectivity index (χ1) is 20.8. The summed E-state index contributed by atoms with van der Waals surface area (Å²) in [7, 11) is 0. The predicted octanol–water partition coefficient (Wildman–Crippen LogP) is 10.6. The van der Waals surface area contributed by atoms with Crippen LogP contribution in [-0.4, -0.2) is 27.8 Å². The number of hydrogen-bond acceptors (Lipinski definition) is 3. The van der Waals surface area contributed by atoms with Gasteiger partial charge < -0.3 is 10.3 Å². The zero-order valence-corrected chi connectivity index (χ0v) is 29.4. The Labute approximate surface area is 277 Å². The summed E-state index contributed by atoms with van der Waals surface area (Å²) >= 11 is 0. The molecule has 3 aliphatic carbocycles. The Morgan fingerprint density at radius 3 is 2.41 bits per heavy atom. The number of aliphatic imine (C=N–C) groups is 1. The molecule has 0 atom stereocenters. The topological polar surface area (TPSA) is 52.2 Å². The van der Waals surface area contributed by atoms with E-state index in [1.165, 1.54) is 103 Å². The zero-order chi connectivity index (χ0) is 30.0. The molecule has 0 aliphatic heterocycles. The van der Waals surface area contributed by atoms with Crippen LogP contribution in [0.5, 0.6) is 0 Å². The Balaban J connectivity index is 0.000000176. The number of fused-ring (bicyclic) bond motifs is 4. The van der Waals surface area contributed by atoms with Gasteiger partial charge in [0.25, 0.3) is 0 Å². The van der Waals surface area contributed by atoms with Gasteiger partial charge in [-0.3, -0.25) is 9.98 Å². The maximum absolute atomic E-state index is 4.94. The SMILES string of the molecule is CC(/C=C(/C)[N-]C1CCCCC1)=NC1CCCCC1.Cc1cc2ccnc3c2c(n1)C(C)(C)c1c-3[c-]cc2ccccc12.[Ir]. The molecule has 2 fully saturated rings. The Hall–Kier alpha value is -2.88. The fourth-order valence-corrected chi connectivity index (χ4v) is 7.51. The van der Waals surface area contributed by atoms with Crippen LogP contribution in [0.25, 0.3) is 38.1 Å². The van der Waals surface area contributed by atoms with Gasteiger partial charge in [0.1, 0.15) is 0 Å². The quantitative estimate of drug-likeness (QED) is 0.154. The third kappa shape index (κ3) is 6.85. The van der Waals surface area contributed by atoms with Gasteiger partial charge >= 0.3 is 0 Å². The molecule has 0 amide bonds. The van der Waals surface area contributed by atoms with Gasteiger partial charge in [-0.05, 0) is 60.7 Å². The summed E-state index contributed by atoms with van der Waals surface area (Å²) in [6.45, 7) is 10.9. The second kappa shape index (κ2) is 14.0. The molecule has 0 saturated heterocycles. The van der Waals surface area contributed by atoms with E-state index in [-0.39, 0.29) is 25.5 Å². The van der Waals surface area contributed by atoms with Crippen LogP contribution in [0, 0.1) is 13.0 Å². The van der Waals surface area contributed by atoms with Gasteiger partial charge in [-0.1, -0.05) is 113 Å². The zero-order valence-electron chi connectivity index (χ0n) is 27.0. The fraction of sp³-hybridized carbons (Fsp3) is 0.462. The number of rotatable bonds is 4. The minimum Gasteiger partial charge on any atom is -0.685 e. The average Bonchev–Trinajstić information content (AvgIpc) is 3.00. The fourth-order valence-electron chi connectivity index (χ4n) is 7.51. The molecule has 2 aromatic heterocycles. The monoisotopic (exact) mass is 763 g/mol. The first kappa shape index (κ1) is 32.5. The van der Waals surface area contributed by atoms with E-state index in [2.05, 4.69) is 89.2 Å². The molecule has 1 radical (unpaired) electrons. The smallest absolute Gasteiger partial charge is 0.0502 e. The molecule has 2 aromatic carbocycles. The van der Waals surface area contributed by atoms with Crippen molar-refractivity contribution in [2.45, 2.75) is 116 Å². The maximum Gasteiger partial charge on any atom is 0.0502 e. The molecule has 4 nitrogen and oxygen atoms in total. The standard InChI is InChI=1S/C22H17N2.C17H29N2.Ir/c1-13-12-15-10-11-23-20-17-9-8-14-6-4-5-7-16(14)19(17)22(2,3)21(24-13)18(15)20;1-14(18-16-9-5-3-6-10-16)13-15(2)19-17-11-7-4-8-12-17;/h4-8,10-12H,1-3H3;13,16-17H,3-12H2,1-2H3;/q2*-1;/b;14-13-,19-15?;. The van der Waals surface area contributed by atoms with Crippen LogP contribution < -0.4 is 0 Å². The molecule has 3 aliphatic rings. The third-order valence-corrected chi connectivity index (χ3v) is 9.52. The minimum absolute atomic E-state index is 0. The van der Waals surface area contributed by atoms with E-state index in [9.17, 15) is 0 Å². The number of pyridine rings is 2. The van der Waals surface area contributed by atoms with E-state index >= 15 is 0 Å². The molecular weight excluding hydrogens is 717 g/mol. The largest absolute Gasteiger partial charge is 0.685 e. The predicted molar refractivity (Wildman–Crippen MR) is 182 cm³/mol. The Kier molecular flexibility index (Phi) is 10.4. The number of nitrogens with zero attached hydrogens (tertiary/aromatic N) is 4. The molecular formula is C39H46IrN4-2. The number of benzene rings is 2. The van der Waals surface area contributed by atoms with E-state index in [1.54, 1.807) is 0 Å². The summed E-state index contributed by atoms with van der Waals surface area (Å²) in [5.74, 6) is 0. The Bertz CT molecular complexity index is 1670. The van der Waals surface area contributed by atoms with Crippen molar-refractivity contribution in [1.82, 2.24) is 9.97 Å². The van der Waals surface area contributed by atoms with Crippen LogP contribution in [-0.2, 0) is 25.5 Å². The van der Waals surface area contributed by atoms with Crippen LogP contribution in [0.3, 0.4) is 0 Å². The van der Waals surface area contributed by atoms with Gasteiger partial charge in [0, 0.05) is 43.4 Å². The summed E-state index contributed by atoms with van der Waals surface area (Å²) in [4.78, 5) is 14.5. The van der Waals surface area contributed by atoms with Crippen molar-refractivity contribution in [2.24, 2.45) is 4.99 Å². The molecule has 2 saturated carbocycles. The van der Waals surface area contributed by atoms with E-state index in [4.69, 9.17) is 20.3 Å². The van der Waals surface area contributed by atoms with Crippen LogP contribution in [0.15, 0.2) is 65.4 Å². The first-order valence-electron chi connectivity index (χ1n) is 16.5. The minimum atomic E-state index is -0.188. The summed E-state index contributed by atoms with van der Waals surface area (Å²) < 4.78 is 0.